The Balaban J connectivity index is 1.82. The van der Waals surface area contributed by atoms with E-state index < -0.39 is 10.0 Å². The number of sulfonamides is 1. The second-order valence-corrected chi connectivity index (χ2v) is 8.81. The molecule has 7 heteroatoms. The average molecular weight is 390 g/mol. The van der Waals surface area contributed by atoms with Crippen molar-refractivity contribution in [3.05, 3.63) is 48.7 Å². The first-order valence-corrected chi connectivity index (χ1v) is 10.8. The second-order valence-electron chi connectivity index (χ2n) is 6.95. The number of piperidine rings is 1. The lowest BCUT2D eigenvalue weighted by Crippen LogP contribution is -2.40. The van der Waals surface area contributed by atoms with Crippen LogP contribution in [0.3, 0.4) is 0 Å². The summed E-state index contributed by atoms with van der Waals surface area (Å²) in [5.74, 6) is 0.972. The maximum absolute atomic E-state index is 13.0. The molecule has 3 rings (SSSR count). The van der Waals surface area contributed by atoms with E-state index in [0.29, 0.717) is 12.2 Å². The van der Waals surface area contributed by atoms with Gasteiger partial charge in [-0.15, -0.1) is 0 Å². The van der Waals surface area contributed by atoms with Crippen molar-refractivity contribution in [2.45, 2.75) is 37.7 Å². The van der Waals surface area contributed by atoms with Gasteiger partial charge in [0, 0.05) is 31.7 Å². The molecular weight excluding hydrogens is 362 g/mol. The van der Waals surface area contributed by atoms with E-state index in [9.17, 15) is 13.5 Å². The maximum Gasteiger partial charge on any atom is 0.265 e. The van der Waals surface area contributed by atoms with E-state index >= 15 is 0 Å². The Bertz CT molecular complexity index is 839. The quantitative estimate of drug-likeness (QED) is 0.822. The number of hydrogen-bond acceptors (Lipinski definition) is 5. The molecule has 2 atom stereocenters. The maximum atomic E-state index is 13.0. The third-order valence-corrected chi connectivity index (χ3v) is 6.99. The minimum Gasteiger partial charge on any atom is -0.393 e. The first kappa shape index (κ1) is 19.6. The van der Waals surface area contributed by atoms with Crippen molar-refractivity contribution in [2.75, 3.05) is 28.8 Å². The Morgan fingerprint density at radius 2 is 2.00 bits per heavy atom. The van der Waals surface area contributed by atoms with E-state index in [4.69, 9.17) is 0 Å². The molecule has 0 spiro atoms. The molecule has 1 aromatic carbocycles. The summed E-state index contributed by atoms with van der Waals surface area (Å²) in [6, 6.07) is 12.5. The molecule has 0 radical (unpaired) electrons. The lowest BCUT2D eigenvalue weighted by Gasteiger charge is -2.35. The normalized spacial score (nSPS) is 18.9. The van der Waals surface area contributed by atoms with E-state index in [0.717, 1.165) is 31.7 Å². The van der Waals surface area contributed by atoms with Gasteiger partial charge in [0.05, 0.1) is 11.8 Å². The third kappa shape index (κ3) is 4.25. The predicted molar refractivity (Wildman–Crippen MR) is 108 cm³/mol. The fraction of sp³-hybridized carbons (Fsp3) is 0.450. The van der Waals surface area contributed by atoms with Crippen molar-refractivity contribution >= 4 is 21.5 Å². The summed E-state index contributed by atoms with van der Waals surface area (Å²) in [6.07, 6.45) is 3.08. The van der Waals surface area contributed by atoms with Crippen molar-refractivity contribution in [1.29, 1.82) is 0 Å². The summed E-state index contributed by atoms with van der Waals surface area (Å²) in [6.45, 7) is 5.59. The highest BCUT2D eigenvalue weighted by Crippen LogP contribution is 2.26. The number of aliphatic hydroxyl groups is 1. The number of anilines is 2. The molecule has 1 N–H and O–H groups in total. The summed E-state index contributed by atoms with van der Waals surface area (Å²) in [5.41, 5.74) is 0.639. The molecule has 146 valence electrons. The van der Waals surface area contributed by atoms with E-state index in [2.05, 4.69) is 9.88 Å². The number of hydrogen-bond donors (Lipinski definition) is 1. The van der Waals surface area contributed by atoms with Crippen LogP contribution in [0.15, 0.2) is 53.6 Å². The topological polar surface area (TPSA) is 73.7 Å². The molecule has 1 aliphatic rings. The zero-order valence-electron chi connectivity index (χ0n) is 15.8. The monoisotopic (exact) mass is 389 g/mol. The molecule has 27 heavy (non-hydrogen) atoms. The SMILES string of the molecule is CCN(c1ccccc1)S(=O)(=O)c1ccc(N2CCCC(C(C)O)C2)nc1. The zero-order valence-corrected chi connectivity index (χ0v) is 16.6. The van der Waals surface area contributed by atoms with Crippen LogP contribution >= 0.6 is 0 Å². The minimum absolute atomic E-state index is 0.182. The van der Waals surface area contributed by atoms with Crippen LogP contribution in [-0.4, -0.2) is 44.2 Å². The first-order chi connectivity index (χ1) is 12.9. The molecule has 0 aliphatic carbocycles. The van der Waals surface area contributed by atoms with Crippen LogP contribution in [0.5, 0.6) is 0 Å². The van der Waals surface area contributed by atoms with Gasteiger partial charge in [0.25, 0.3) is 10.0 Å². The number of rotatable bonds is 6. The molecule has 0 amide bonds. The number of nitrogens with zero attached hydrogens (tertiary/aromatic N) is 3. The Hall–Kier alpha value is -2.12. The molecule has 2 unspecified atom stereocenters. The van der Waals surface area contributed by atoms with E-state index in [1.54, 1.807) is 24.3 Å². The molecule has 1 fully saturated rings. The Morgan fingerprint density at radius 3 is 2.59 bits per heavy atom. The lowest BCUT2D eigenvalue weighted by molar-refractivity contribution is 0.115. The van der Waals surface area contributed by atoms with Gasteiger partial charge in [0.2, 0.25) is 0 Å². The van der Waals surface area contributed by atoms with Gasteiger partial charge in [0.1, 0.15) is 10.7 Å². The lowest BCUT2D eigenvalue weighted by atomic mass is 9.93. The highest BCUT2D eigenvalue weighted by atomic mass is 32.2. The highest BCUT2D eigenvalue weighted by molar-refractivity contribution is 7.92. The molecule has 0 saturated carbocycles. The molecule has 2 heterocycles. The molecule has 0 bridgehead atoms. The molecule has 1 saturated heterocycles. The Labute approximate surface area is 161 Å². The Kier molecular flexibility index (Phi) is 6.01. The van der Waals surface area contributed by atoms with Crippen LogP contribution in [-0.2, 0) is 10.0 Å². The van der Waals surface area contributed by atoms with Crippen molar-refractivity contribution in [3.8, 4) is 0 Å². The fourth-order valence-electron chi connectivity index (χ4n) is 3.54. The van der Waals surface area contributed by atoms with Crippen molar-refractivity contribution in [3.63, 3.8) is 0 Å². The summed E-state index contributed by atoms with van der Waals surface area (Å²) in [4.78, 5) is 6.71. The van der Waals surface area contributed by atoms with Gasteiger partial charge in [-0.25, -0.2) is 13.4 Å². The average Bonchev–Trinajstić information content (AvgIpc) is 2.69. The largest absolute Gasteiger partial charge is 0.393 e. The van der Waals surface area contributed by atoms with Crippen LogP contribution in [0.1, 0.15) is 26.7 Å². The number of pyridine rings is 1. The van der Waals surface area contributed by atoms with Crippen molar-refractivity contribution < 1.29 is 13.5 Å². The Morgan fingerprint density at radius 1 is 1.26 bits per heavy atom. The smallest absolute Gasteiger partial charge is 0.265 e. The van der Waals surface area contributed by atoms with Gasteiger partial charge in [-0.2, -0.15) is 0 Å². The molecule has 6 nitrogen and oxygen atoms in total. The fourth-order valence-corrected chi connectivity index (χ4v) is 4.96. The molecule has 1 aromatic heterocycles. The van der Waals surface area contributed by atoms with Crippen molar-refractivity contribution in [2.24, 2.45) is 5.92 Å². The van der Waals surface area contributed by atoms with Crippen LogP contribution in [0.25, 0.3) is 0 Å². The number of para-hydroxylation sites is 1. The summed E-state index contributed by atoms with van der Waals surface area (Å²) in [7, 11) is -3.66. The summed E-state index contributed by atoms with van der Waals surface area (Å²) in [5, 5.41) is 9.86. The second kappa shape index (κ2) is 8.27. The minimum atomic E-state index is -3.66. The van der Waals surface area contributed by atoms with Gasteiger partial charge in [-0.3, -0.25) is 4.31 Å². The molecule has 1 aliphatic heterocycles. The van der Waals surface area contributed by atoms with Gasteiger partial charge in [-0.05, 0) is 51.0 Å². The number of benzene rings is 1. The van der Waals surface area contributed by atoms with Crippen LogP contribution in [0, 0.1) is 5.92 Å². The standard InChI is InChI=1S/C20H27N3O3S/c1-3-23(18-9-5-4-6-10-18)27(25,26)19-11-12-20(21-14-19)22-13-7-8-17(15-22)16(2)24/h4-6,9-12,14,16-17,24H,3,7-8,13,15H2,1-2H3. The van der Waals surface area contributed by atoms with Gasteiger partial charge in [0.15, 0.2) is 0 Å². The van der Waals surface area contributed by atoms with Crippen molar-refractivity contribution in [1.82, 2.24) is 4.98 Å². The summed E-state index contributed by atoms with van der Waals surface area (Å²) < 4.78 is 27.4. The van der Waals surface area contributed by atoms with Crippen LogP contribution in [0.4, 0.5) is 11.5 Å². The zero-order chi connectivity index (χ0) is 19.4. The van der Waals surface area contributed by atoms with Crippen LogP contribution in [0.2, 0.25) is 0 Å². The highest BCUT2D eigenvalue weighted by Gasteiger charge is 2.26. The van der Waals surface area contributed by atoms with Crippen LogP contribution < -0.4 is 9.21 Å². The molecular formula is C20H27N3O3S. The number of aromatic nitrogens is 1. The number of aliphatic hydroxyl groups excluding tert-OH is 1. The third-order valence-electron chi connectivity index (χ3n) is 5.10. The van der Waals surface area contributed by atoms with E-state index in [1.807, 2.05) is 32.0 Å². The van der Waals surface area contributed by atoms with E-state index in [1.165, 1.54) is 10.5 Å². The first-order valence-electron chi connectivity index (χ1n) is 9.40. The van der Waals surface area contributed by atoms with Gasteiger partial charge in [-0.1, -0.05) is 18.2 Å². The van der Waals surface area contributed by atoms with E-state index in [-0.39, 0.29) is 16.9 Å². The van der Waals surface area contributed by atoms with Gasteiger partial charge >= 0.3 is 0 Å². The molecule has 2 aromatic rings. The van der Waals surface area contributed by atoms with Gasteiger partial charge < -0.3 is 10.0 Å². The summed E-state index contributed by atoms with van der Waals surface area (Å²) >= 11 is 0. The predicted octanol–water partition coefficient (Wildman–Crippen LogP) is 2.89.